The van der Waals surface area contributed by atoms with Crippen molar-refractivity contribution in [3.8, 4) is 11.3 Å². The van der Waals surface area contributed by atoms with Gasteiger partial charge >= 0.3 is 0 Å². The molecule has 0 saturated heterocycles. The lowest BCUT2D eigenvalue weighted by molar-refractivity contribution is 0.619. The van der Waals surface area contributed by atoms with Gasteiger partial charge in [-0.25, -0.2) is 9.37 Å². The van der Waals surface area contributed by atoms with Crippen LogP contribution in [0.25, 0.3) is 16.9 Å². The fourth-order valence-electron chi connectivity index (χ4n) is 1.88. The second-order valence-corrected chi connectivity index (χ2v) is 4.06. The molecule has 3 aromatic rings. The molecule has 84 valence electrons. The maximum atomic E-state index is 13.2. The number of imidazole rings is 1. The molecule has 0 fully saturated rings. The molecule has 0 aliphatic heterocycles. The van der Waals surface area contributed by atoms with Crippen LogP contribution < -0.4 is 0 Å². The number of halogens is 1. The van der Waals surface area contributed by atoms with Crippen LogP contribution in [-0.4, -0.2) is 9.38 Å². The number of aryl methyl sites for hydroxylation is 1. The first kappa shape index (κ1) is 10.0. The molecule has 0 unspecified atom stereocenters. The smallest absolute Gasteiger partial charge is 0.137 e. The highest BCUT2D eigenvalue weighted by atomic mass is 19.1. The molecule has 3 rings (SSSR count). The summed E-state index contributed by atoms with van der Waals surface area (Å²) in [6, 6.07) is 10.9. The van der Waals surface area contributed by atoms with E-state index in [-0.39, 0.29) is 5.82 Å². The van der Waals surface area contributed by atoms with Gasteiger partial charge in [-0.3, -0.25) is 0 Å². The number of rotatable bonds is 1. The minimum absolute atomic E-state index is 0.183. The lowest BCUT2D eigenvalue weighted by Gasteiger charge is -1.99. The minimum atomic E-state index is -0.183. The van der Waals surface area contributed by atoms with E-state index in [0.29, 0.717) is 5.56 Å². The Morgan fingerprint density at radius 2 is 2.06 bits per heavy atom. The number of pyridine rings is 1. The maximum absolute atomic E-state index is 13.2. The first-order valence-electron chi connectivity index (χ1n) is 5.44. The van der Waals surface area contributed by atoms with Gasteiger partial charge in [0.05, 0.1) is 5.69 Å². The van der Waals surface area contributed by atoms with Crippen molar-refractivity contribution in [2.45, 2.75) is 6.92 Å². The Bertz CT molecular complexity index is 653. The van der Waals surface area contributed by atoms with Crippen LogP contribution in [-0.2, 0) is 0 Å². The second kappa shape index (κ2) is 3.70. The lowest BCUT2D eigenvalue weighted by atomic mass is 10.1. The number of hydrogen-bond acceptors (Lipinski definition) is 1. The first-order chi connectivity index (χ1) is 8.24. The van der Waals surface area contributed by atoms with Gasteiger partial charge in [0.2, 0.25) is 0 Å². The fraction of sp³-hybridized carbons (Fsp3) is 0.0714. The van der Waals surface area contributed by atoms with Gasteiger partial charge < -0.3 is 4.40 Å². The summed E-state index contributed by atoms with van der Waals surface area (Å²) >= 11 is 0. The highest BCUT2D eigenvalue weighted by Gasteiger charge is 2.05. The molecule has 2 aromatic heterocycles. The first-order valence-corrected chi connectivity index (χ1v) is 5.44. The highest BCUT2D eigenvalue weighted by molar-refractivity contribution is 5.63. The van der Waals surface area contributed by atoms with E-state index in [1.165, 1.54) is 6.07 Å². The summed E-state index contributed by atoms with van der Waals surface area (Å²) in [6.45, 7) is 1.76. The third-order valence-corrected chi connectivity index (χ3v) is 2.82. The molecule has 2 nitrogen and oxygen atoms in total. The largest absolute Gasteiger partial charge is 0.306 e. The molecule has 0 spiro atoms. The van der Waals surface area contributed by atoms with E-state index in [9.17, 15) is 4.39 Å². The van der Waals surface area contributed by atoms with Crippen LogP contribution in [0.3, 0.4) is 0 Å². The molecular formula is C14H11FN2. The van der Waals surface area contributed by atoms with Crippen LogP contribution in [0.1, 0.15) is 5.56 Å². The van der Waals surface area contributed by atoms with Crippen molar-refractivity contribution in [3.63, 3.8) is 0 Å². The van der Waals surface area contributed by atoms with E-state index in [4.69, 9.17) is 0 Å². The normalized spacial score (nSPS) is 10.9. The van der Waals surface area contributed by atoms with E-state index >= 15 is 0 Å². The molecule has 0 atom stereocenters. The monoisotopic (exact) mass is 226 g/mol. The Hall–Kier alpha value is -2.16. The molecule has 0 saturated carbocycles. The van der Waals surface area contributed by atoms with Crippen LogP contribution in [0.5, 0.6) is 0 Å². The molecular weight excluding hydrogens is 215 g/mol. The molecule has 3 heteroatoms. The summed E-state index contributed by atoms with van der Waals surface area (Å²) in [5, 5.41) is 0. The summed E-state index contributed by atoms with van der Waals surface area (Å²) in [7, 11) is 0. The Balaban J connectivity index is 2.17. The topological polar surface area (TPSA) is 17.3 Å². The van der Waals surface area contributed by atoms with E-state index in [0.717, 1.165) is 16.9 Å². The Morgan fingerprint density at radius 3 is 2.82 bits per heavy atom. The number of fused-ring (bicyclic) bond motifs is 1. The summed E-state index contributed by atoms with van der Waals surface area (Å²) in [5.41, 5.74) is 3.33. The number of nitrogens with zero attached hydrogens (tertiary/aromatic N) is 2. The van der Waals surface area contributed by atoms with Crippen molar-refractivity contribution >= 4 is 5.65 Å². The predicted octanol–water partition coefficient (Wildman–Crippen LogP) is 3.45. The van der Waals surface area contributed by atoms with Crippen molar-refractivity contribution in [3.05, 3.63) is 60.2 Å². The average molecular weight is 226 g/mol. The van der Waals surface area contributed by atoms with Gasteiger partial charge in [-0.05, 0) is 42.8 Å². The van der Waals surface area contributed by atoms with Crippen LogP contribution in [0.2, 0.25) is 0 Å². The summed E-state index contributed by atoms with van der Waals surface area (Å²) in [5.74, 6) is -0.183. The lowest BCUT2D eigenvalue weighted by Crippen LogP contribution is -1.84. The molecule has 0 aliphatic rings. The van der Waals surface area contributed by atoms with Gasteiger partial charge in [-0.15, -0.1) is 0 Å². The Morgan fingerprint density at radius 1 is 1.18 bits per heavy atom. The SMILES string of the molecule is Cc1cc(-c2cn3ccccc3n2)ccc1F. The van der Waals surface area contributed by atoms with Gasteiger partial charge in [0, 0.05) is 18.0 Å². The molecule has 0 aliphatic carbocycles. The minimum Gasteiger partial charge on any atom is -0.306 e. The van der Waals surface area contributed by atoms with Gasteiger partial charge in [-0.1, -0.05) is 6.07 Å². The van der Waals surface area contributed by atoms with E-state index < -0.39 is 0 Å². The highest BCUT2D eigenvalue weighted by Crippen LogP contribution is 2.21. The summed E-state index contributed by atoms with van der Waals surface area (Å²) in [6.07, 6.45) is 3.89. The Kier molecular flexibility index (Phi) is 2.18. The van der Waals surface area contributed by atoms with E-state index in [1.807, 2.05) is 41.1 Å². The van der Waals surface area contributed by atoms with Crippen LogP contribution in [0, 0.1) is 12.7 Å². The number of aromatic nitrogens is 2. The average Bonchev–Trinajstić information content (AvgIpc) is 2.76. The summed E-state index contributed by atoms with van der Waals surface area (Å²) in [4.78, 5) is 4.49. The van der Waals surface area contributed by atoms with Crippen LogP contribution in [0.15, 0.2) is 48.8 Å². The van der Waals surface area contributed by atoms with Crippen molar-refractivity contribution in [2.24, 2.45) is 0 Å². The molecule has 2 heterocycles. The number of hydrogen-bond donors (Lipinski definition) is 0. The molecule has 17 heavy (non-hydrogen) atoms. The van der Waals surface area contributed by atoms with Crippen molar-refractivity contribution in [1.82, 2.24) is 9.38 Å². The third kappa shape index (κ3) is 1.69. The zero-order valence-corrected chi connectivity index (χ0v) is 9.39. The zero-order valence-electron chi connectivity index (χ0n) is 9.39. The van der Waals surface area contributed by atoms with Gasteiger partial charge in [0.25, 0.3) is 0 Å². The van der Waals surface area contributed by atoms with Crippen molar-refractivity contribution in [2.75, 3.05) is 0 Å². The number of benzene rings is 1. The van der Waals surface area contributed by atoms with Gasteiger partial charge in [-0.2, -0.15) is 0 Å². The van der Waals surface area contributed by atoms with Crippen LogP contribution in [0.4, 0.5) is 4.39 Å². The molecule has 0 amide bonds. The zero-order chi connectivity index (χ0) is 11.8. The molecule has 1 aromatic carbocycles. The van der Waals surface area contributed by atoms with Crippen LogP contribution >= 0.6 is 0 Å². The predicted molar refractivity (Wildman–Crippen MR) is 65.3 cm³/mol. The molecule has 0 N–H and O–H groups in total. The molecule has 0 bridgehead atoms. The van der Waals surface area contributed by atoms with Gasteiger partial charge in [0.15, 0.2) is 0 Å². The van der Waals surface area contributed by atoms with Crippen molar-refractivity contribution < 1.29 is 4.39 Å². The standard InChI is InChI=1S/C14H11FN2/c1-10-8-11(5-6-12(10)15)13-9-17-7-3-2-4-14(17)16-13/h2-9H,1H3. The summed E-state index contributed by atoms with van der Waals surface area (Å²) < 4.78 is 15.1. The van der Waals surface area contributed by atoms with Gasteiger partial charge in [0.1, 0.15) is 11.5 Å². The maximum Gasteiger partial charge on any atom is 0.137 e. The van der Waals surface area contributed by atoms with Crippen molar-refractivity contribution in [1.29, 1.82) is 0 Å². The second-order valence-electron chi connectivity index (χ2n) is 4.06. The Labute approximate surface area is 98.4 Å². The quantitative estimate of drug-likeness (QED) is 0.621. The molecule has 0 radical (unpaired) electrons. The van der Waals surface area contributed by atoms with E-state index in [2.05, 4.69) is 4.98 Å². The third-order valence-electron chi connectivity index (χ3n) is 2.82. The fourth-order valence-corrected chi connectivity index (χ4v) is 1.88. The van der Waals surface area contributed by atoms with E-state index in [1.54, 1.807) is 13.0 Å².